The zero-order valence-electron chi connectivity index (χ0n) is 20.9. The van der Waals surface area contributed by atoms with Gasteiger partial charge in [0.15, 0.2) is 5.82 Å². The monoisotopic (exact) mass is 529 g/mol. The Balaban J connectivity index is 1.23. The van der Waals surface area contributed by atoms with Gasteiger partial charge in [-0.3, -0.25) is 9.59 Å². The number of aromatic nitrogens is 5. The van der Waals surface area contributed by atoms with E-state index in [1.807, 2.05) is 58.1 Å². The lowest BCUT2D eigenvalue weighted by Crippen LogP contribution is -2.54. The number of para-hydroxylation sites is 2. The number of carboxylic acids is 1. The van der Waals surface area contributed by atoms with E-state index < -0.39 is 5.97 Å². The van der Waals surface area contributed by atoms with Crippen molar-refractivity contribution in [1.82, 2.24) is 29.4 Å². The highest BCUT2D eigenvalue weighted by atomic mass is 32.1. The number of benzene rings is 1. The van der Waals surface area contributed by atoms with Gasteiger partial charge in [-0.1, -0.05) is 12.1 Å². The maximum Gasteiger partial charge on any atom is 0.303 e. The average Bonchev–Trinajstić information content (AvgIpc) is 3.64. The number of amides is 1. The molecule has 0 radical (unpaired) electrons. The van der Waals surface area contributed by atoms with Crippen LogP contribution >= 0.6 is 11.3 Å². The molecule has 1 aliphatic heterocycles. The van der Waals surface area contributed by atoms with Gasteiger partial charge in [0.2, 0.25) is 5.91 Å². The van der Waals surface area contributed by atoms with Crippen LogP contribution in [-0.4, -0.2) is 72.1 Å². The molecule has 4 aromatic heterocycles. The van der Waals surface area contributed by atoms with Gasteiger partial charge in [0, 0.05) is 49.9 Å². The first kappa shape index (κ1) is 24.1. The Morgan fingerprint density at radius 2 is 2.00 bits per heavy atom. The minimum absolute atomic E-state index is 0.0147. The summed E-state index contributed by atoms with van der Waals surface area (Å²) in [6.07, 6.45) is 4.03. The molecule has 1 aromatic carbocycles. The second-order valence-corrected chi connectivity index (χ2v) is 10.6. The Kier molecular flexibility index (Phi) is 6.28. The second-order valence-electron chi connectivity index (χ2n) is 9.50. The molecule has 1 amide bonds. The largest absolute Gasteiger partial charge is 0.481 e. The lowest BCUT2D eigenvalue weighted by Gasteiger charge is -2.40. The Morgan fingerprint density at radius 1 is 1.13 bits per heavy atom. The topological polar surface area (TPSA) is 120 Å². The highest BCUT2D eigenvalue weighted by molar-refractivity contribution is 7.16. The number of carbonyl (C=O) groups is 2. The van der Waals surface area contributed by atoms with Crippen molar-refractivity contribution in [3.63, 3.8) is 0 Å². The van der Waals surface area contributed by atoms with Crippen LogP contribution in [0.1, 0.15) is 18.4 Å². The van der Waals surface area contributed by atoms with E-state index in [0.29, 0.717) is 31.9 Å². The number of fused-ring (bicyclic) bond motifs is 2. The lowest BCUT2D eigenvalue weighted by atomic mass is 10.2. The van der Waals surface area contributed by atoms with E-state index in [1.165, 1.54) is 11.3 Å². The highest BCUT2D eigenvalue weighted by Gasteiger charge is 2.31. The summed E-state index contributed by atoms with van der Waals surface area (Å²) in [6, 6.07) is 13.7. The fourth-order valence-electron chi connectivity index (χ4n) is 5.01. The Hall–Kier alpha value is -4.25. The number of hydrogen-bond acceptors (Lipinski definition) is 7. The molecule has 1 atom stereocenters. The molecule has 10 nitrogen and oxygen atoms in total. The molecule has 6 rings (SSSR count). The van der Waals surface area contributed by atoms with Gasteiger partial charge >= 0.3 is 5.97 Å². The minimum Gasteiger partial charge on any atom is -0.481 e. The van der Waals surface area contributed by atoms with Crippen molar-refractivity contribution in [3.05, 3.63) is 59.9 Å². The van der Waals surface area contributed by atoms with Gasteiger partial charge in [-0.05, 0) is 37.3 Å². The van der Waals surface area contributed by atoms with Gasteiger partial charge in [0.1, 0.15) is 22.9 Å². The van der Waals surface area contributed by atoms with Crippen LogP contribution in [0.3, 0.4) is 0 Å². The zero-order chi connectivity index (χ0) is 26.2. The summed E-state index contributed by atoms with van der Waals surface area (Å²) in [5, 5.41) is 11.9. The van der Waals surface area contributed by atoms with Gasteiger partial charge < -0.3 is 24.5 Å². The Labute approximate surface area is 222 Å². The van der Waals surface area contributed by atoms with Crippen LogP contribution in [0.25, 0.3) is 33.6 Å². The number of carboxylic acid groups (broad SMARTS) is 1. The number of rotatable bonds is 7. The number of pyridine rings is 1. The van der Waals surface area contributed by atoms with E-state index in [0.717, 1.165) is 37.8 Å². The van der Waals surface area contributed by atoms with Crippen LogP contribution in [0, 0.1) is 0 Å². The summed E-state index contributed by atoms with van der Waals surface area (Å²) in [5.41, 5.74) is 3.30. The van der Waals surface area contributed by atoms with E-state index in [1.54, 1.807) is 6.20 Å². The van der Waals surface area contributed by atoms with Gasteiger partial charge in [0.05, 0.1) is 22.5 Å². The number of anilines is 1. The summed E-state index contributed by atoms with van der Waals surface area (Å²) in [7, 11) is 0. The molecule has 38 heavy (non-hydrogen) atoms. The fourth-order valence-corrected chi connectivity index (χ4v) is 6.10. The van der Waals surface area contributed by atoms with Gasteiger partial charge in [-0.15, -0.1) is 11.3 Å². The first-order chi connectivity index (χ1) is 18.5. The summed E-state index contributed by atoms with van der Waals surface area (Å²) >= 11 is 1.51. The van der Waals surface area contributed by atoms with Crippen LogP contribution < -0.4 is 4.90 Å². The van der Waals surface area contributed by atoms with Crippen molar-refractivity contribution in [1.29, 1.82) is 0 Å². The van der Waals surface area contributed by atoms with Crippen molar-refractivity contribution < 1.29 is 14.7 Å². The third-order valence-electron chi connectivity index (χ3n) is 6.88. The normalized spacial score (nSPS) is 16.0. The molecule has 0 aliphatic carbocycles. The maximum atomic E-state index is 13.3. The molecule has 0 bridgehead atoms. The molecule has 0 saturated carbocycles. The molecule has 194 valence electrons. The summed E-state index contributed by atoms with van der Waals surface area (Å²) in [5.74, 6) is -0.125. The third-order valence-corrected chi connectivity index (χ3v) is 8.06. The Morgan fingerprint density at radius 3 is 2.82 bits per heavy atom. The number of nitrogens with one attached hydrogen (secondary N) is 1. The molecule has 11 heteroatoms. The summed E-state index contributed by atoms with van der Waals surface area (Å²) in [4.78, 5) is 46.0. The van der Waals surface area contributed by atoms with E-state index in [4.69, 9.17) is 9.97 Å². The van der Waals surface area contributed by atoms with Crippen LogP contribution in [0.2, 0.25) is 0 Å². The predicted octanol–water partition coefficient (Wildman–Crippen LogP) is 3.79. The molecule has 0 unspecified atom stereocenters. The summed E-state index contributed by atoms with van der Waals surface area (Å²) < 4.78 is 1.90. The van der Waals surface area contributed by atoms with E-state index in [2.05, 4.69) is 21.8 Å². The number of aromatic amines is 1. The van der Waals surface area contributed by atoms with Crippen molar-refractivity contribution in [2.75, 3.05) is 24.5 Å². The van der Waals surface area contributed by atoms with Gasteiger partial charge in [-0.2, -0.15) is 0 Å². The molecular formula is C27H27N7O3S. The maximum absolute atomic E-state index is 13.3. The zero-order valence-corrected chi connectivity index (χ0v) is 21.7. The van der Waals surface area contributed by atoms with Crippen LogP contribution in [0.5, 0.6) is 0 Å². The number of piperazine rings is 1. The first-order valence-electron chi connectivity index (χ1n) is 12.6. The molecule has 2 N–H and O–H groups in total. The number of hydrogen-bond donors (Lipinski definition) is 2. The van der Waals surface area contributed by atoms with Crippen LogP contribution in [0.4, 0.5) is 5.00 Å². The number of nitrogens with zero attached hydrogens (tertiary/aromatic N) is 6. The smallest absolute Gasteiger partial charge is 0.303 e. The van der Waals surface area contributed by atoms with Gasteiger partial charge in [0.25, 0.3) is 0 Å². The molecule has 1 aliphatic rings. The van der Waals surface area contributed by atoms with Crippen molar-refractivity contribution >= 4 is 50.3 Å². The second kappa shape index (κ2) is 9.90. The minimum atomic E-state index is -0.849. The Bertz CT molecular complexity index is 1600. The lowest BCUT2D eigenvalue weighted by molar-refractivity contribution is -0.137. The molecule has 1 saturated heterocycles. The SMILES string of the molecule is C[C@@H]1CN(c2sc(CCC(=O)O)nc2-c2nc3ccccc3[nH]2)CCN1C(=O)Cn1ccc2cccnc21. The number of imidazole rings is 1. The number of aryl methyl sites for hydroxylation is 1. The molecule has 5 heterocycles. The highest BCUT2D eigenvalue weighted by Crippen LogP contribution is 2.37. The number of thiazole rings is 1. The standard InChI is InChI=1S/C27H27N7O3S/c1-17-15-33(13-14-34(17)22(35)16-32-12-10-18-5-4-11-28-26(18)32)27-24(31-21(38-27)8-9-23(36)37)25-29-19-6-2-3-7-20(19)30-25/h2-7,10-12,17H,8-9,13-16H2,1H3,(H,29,30)(H,36,37)/t17-/m1/s1. The summed E-state index contributed by atoms with van der Waals surface area (Å²) in [6.45, 7) is 4.17. The number of aliphatic carboxylic acids is 1. The predicted molar refractivity (Wildman–Crippen MR) is 146 cm³/mol. The first-order valence-corrected chi connectivity index (χ1v) is 13.4. The van der Waals surface area contributed by atoms with Crippen molar-refractivity contribution in [2.45, 2.75) is 32.4 Å². The quantitative estimate of drug-likeness (QED) is 0.329. The van der Waals surface area contributed by atoms with E-state index >= 15 is 0 Å². The number of carbonyl (C=O) groups excluding carboxylic acids is 1. The van der Waals surface area contributed by atoms with E-state index in [9.17, 15) is 14.7 Å². The molecular weight excluding hydrogens is 502 g/mol. The van der Waals surface area contributed by atoms with E-state index in [-0.39, 0.29) is 24.9 Å². The van der Waals surface area contributed by atoms with Crippen LogP contribution in [0.15, 0.2) is 54.9 Å². The molecule has 1 fully saturated rings. The molecule has 0 spiro atoms. The molecule has 5 aromatic rings. The van der Waals surface area contributed by atoms with Gasteiger partial charge in [-0.25, -0.2) is 15.0 Å². The average molecular weight is 530 g/mol. The third kappa shape index (κ3) is 4.60. The van der Waals surface area contributed by atoms with Crippen molar-refractivity contribution in [3.8, 4) is 11.5 Å². The number of H-pyrrole nitrogens is 1. The fraction of sp³-hybridized carbons (Fsp3) is 0.296. The van der Waals surface area contributed by atoms with Crippen LogP contribution in [-0.2, 0) is 22.6 Å². The van der Waals surface area contributed by atoms with Crippen molar-refractivity contribution in [2.24, 2.45) is 0 Å².